The number of hydrogen-bond acceptors (Lipinski definition) is 3. The summed E-state index contributed by atoms with van der Waals surface area (Å²) in [5, 5.41) is 13.2. The fraction of sp³-hybridized carbons (Fsp3) is 0.200. The van der Waals surface area contributed by atoms with Crippen molar-refractivity contribution in [1.82, 2.24) is 0 Å². The predicted molar refractivity (Wildman–Crippen MR) is 80.5 cm³/mol. The van der Waals surface area contributed by atoms with E-state index in [1.807, 2.05) is 0 Å². The van der Waals surface area contributed by atoms with Gasteiger partial charge in [0.2, 0.25) is 0 Å². The average Bonchev–Trinajstić information content (AvgIpc) is 2.99. The molecule has 1 N–H and O–H groups in total. The third kappa shape index (κ3) is 2.20. The molecule has 1 heterocycles. The molecule has 3 rings (SSSR count). The summed E-state index contributed by atoms with van der Waals surface area (Å²) in [4.78, 5) is 13.5. The molecule has 0 aliphatic heterocycles. The number of fused-ring (bicyclic) bond motifs is 1. The third-order valence-electron chi connectivity index (χ3n) is 3.38. The van der Waals surface area contributed by atoms with Crippen LogP contribution in [0.4, 0.5) is 5.00 Å². The summed E-state index contributed by atoms with van der Waals surface area (Å²) in [5.74, 6) is -0.271. The number of halogens is 1. The highest BCUT2D eigenvalue weighted by Gasteiger charge is 2.23. The van der Waals surface area contributed by atoms with E-state index >= 15 is 0 Å². The molecule has 3 nitrogen and oxygen atoms in total. The summed E-state index contributed by atoms with van der Waals surface area (Å²) in [6, 6.07) is 9.10. The van der Waals surface area contributed by atoms with Gasteiger partial charge in [-0.2, -0.15) is 5.26 Å². The summed E-state index contributed by atoms with van der Waals surface area (Å²) in [6.45, 7) is 0. The third-order valence-corrected chi connectivity index (χ3v) is 4.92. The van der Waals surface area contributed by atoms with Crippen molar-refractivity contribution in [2.75, 3.05) is 5.32 Å². The summed E-state index contributed by atoms with van der Waals surface area (Å²) in [7, 11) is 0. The van der Waals surface area contributed by atoms with Gasteiger partial charge in [-0.25, -0.2) is 0 Å². The van der Waals surface area contributed by atoms with Crippen LogP contribution in [0.5, 0.6) is 0 Å². The maximum Gasteiger partial charge on any atom is 0.257 e. The minimum absolute atomic E-state index is 0.271. The number of thiophene rings is 1. The van der Waals surface area contributed by atoms with E-state index in [0.717, 1.165) is 24.8 Å². The first-order valence-corrected chi connectivity index (χ1v) is 7.50. The fourth-order valence-electron chi connectivity index (χ4n) is 2.43. The van der Waals surface area contributed by atoms with Crippen LogP contribution >= 0.6 is 22.9 Å². The molecule has 0 saturated heterocycles. The topological polar surface area (TPSA) is 52.9 Å². The molecule has 0 spiro atoms. The number of aryl methyl sites for hydroxylation is 1. The van der Waals surface area contributed by atoms with Crippen molar-refractivity contribution in [2.45, 2.75) is 19.3 Å². The first kappa shape index (κ1) is 13.2. The first-order chi connectivity index (χ1) is 9.70. The second-order valence-corrected chi connectivity index (χ2v) is 6.12. The highest BCUT2D eigenvalue weighted by Crippen LogP contribution is 2.38. The number of nitrogens with one attached hydrogen (secondary N) is 1. The van der Waals surface area contributed by atoms with E-state index in [1.54, 1.807) is 24.3 Å². The smallest absolute Gasteiger partial charge is 0.257 e. The zero-order valence-electron chi connectivity index (χ0n) is 10.6. The van der Waals surface area contributed by atoms with Crippen LogP contribution in [0.2, 0.25) is 5.02 Å². The van der Waals surface area contributed by atoms with E-state index in [2.05, 4.69) is 11.4 Å². The molecule has 1 aliphatic carbocycles. The van der Waals surface area contributed by atoms with Gasteiger partial charge in [0.25, 0.3) is 5.91 Å². The maximum atomic E-state index is 12.2. The highest BCUT2D eigenvalue weighted by molar-refractivity contribution is 7.16. The molecule has 0 saturated carbocycles. The van der Waals surface area contributed by atoms with Crippen LogP contribution < -0.4 is 5.32 Å². The molecular weight excluding hydrogens is 292 g/mol. The van der Waals surface area contributed by atoms with Crippen molar-refractivity contribution < 1.29 is 4.79 Å². The van der Waals surface area contributed by atoms with Crippen LogP contribution in [0.25, 0.3) is 0 Å². The van der Waals surface area contributed by atoms with Crippen LogP contribution in [0.3, 0.4) is 0 Å². The largest absolute Gasteiger partial charge is 0.312 e. The van der Waals surface area contributed by atoms with Crippen LogP contribution in [0, 0.1) is 11.3 Å². The van der Waals surface area contributed by atoms with Crippen LogP contribution in [-0.4, -0.2) is 5.91 Å². The number of amides is 1. The number of benzene rings is 1. The van der Waals surface area contributed by atoms with Gasteiger partial charge in [0, 0.05) is 4.88 Å². The van der Waals surface area contributed by atoms with Crippen LogP contribution in [0.15, 0.2) is 24.3 Å². The average molecular weight is 303 g/mol. The van der Waals surface area contributed by atoms with Crippen LogP contribution in [0.1, 0.15) is 32.8 Å². The van der Waals surface area contributed by atoms with E-state index in [4.69, 9.17) is 11.6 Å². The Bertz CT molecular complexity index is 730. The Morgan fingerprint density at radius 3 is 2.90 bits per heavy atom. The maximum absolute atomic E-state index is 12.2. The summed E-state index contributed by atoms with van der Waals surface area (Å²) in [6.07, 6.45) is 3.02. The zero-order valence-corrected chi connectivity index (χ0v) is 12.1. The van der Waals surface area contributed by atoms with Crippen molar-refractivity contribution in [1.29, 1.82) is 5.26 Å². The lowest BCUT2D eigenvalue weighted by Gasteiger charge is -2.05. The molecule has 100 valence electrons. The van der Waals surface area contributed by atoms with E-state index in [9.17, 15) is 10.1 Å². The number of anilines is 1. The Labute approximate surface area is 125 Å². The molecule has 0 unspecified atom stereocenters. The van der Waals surface area contributed by atoms with Gasteiger partial charge >= 0.3 is 0 Å². The summed E-state index contributed by atoms with van der Waals surface area (Å²) < 4.78 is 0. The lowest BCUT2D eigenvalue weighted by atomic mass is 10.1. The number of carbonyl (C=O) groups is 1. The number of carbonyl (C=O) groups excluding carboxylic acids is 1. The van der Waals surface area contributed by atoms with E-state index < -0.39 is 0 Å². The SMILES string of the molecule is N#Cc1c(NC(=O)c2ccccc2Cl)sc2c1CCC2. The quantitative estimate of drug-likeness (QED) is 0.911. The Hall–Kier alpha value is -1.83. The second kappa shape index (κ2) is 5.28. The van der Waals surface area contributed by atoms with Crippen molar-refractivity contribution in [3.05, 3.63) is 50.9 Å². The molecule has 0 fully saturated rings. The van der Waals surface area contributed by atoms with Crippen LogP contribution in [-0.2, 0) is 12.8 Å². The normalized spacial score (nSPS) is 12.8. The lowest BCUT2D eigenvalue weighted by molar-refractivity contribution is 0.102. The molecular formula is C15H11ClN2OS. The summed E-state index contributed by atoms with van der Waals surface area (Å²) >= 11 is 7.52. The molecule has 1 amide bonds. The molecule has 20 heavy (non-hydrogen) atoms. The Morgan fingerprint density at radius 1 is 1.35 bits per heavy atom. The van der Waals surface area contributed by atoms with Gasteiger partial charge in [0.05, 0.1) is 16.1 Å². The van der Waals surface area contributed by atoms with E-state index in [-0.39, 0.29) is 5.91 Å². The highest BCUT2D eigenvalue weighted by atomic mass is 35.5. The number of nitriles is 1. The van der Waals surface area contributed by atoms with Gasteiger partial charge in [0.1, 0.15) is 11.1 Å². The Kier molecular flexibility index (Phi) is 3.47. The lowest BCUT2D eigenvalue weighted by Crippen LogP contribution is -2.12. The second-order valence-electron chi connectivity index (χ2n) is 4.61. The molecule has 0 bridgehead atoms. The number of rotatable bonds is 2. The molecule has 5 heteroatoms. The Balaban J connectivity index is 1.91. The molecule has 1 aromatic carbocycles. The standard InChI is InChI=1S/C15H11ClN2OS/c16-12-6-2-1-4-10(12)14(19)18-15-11(8-17)9-5-3-7-13(9)20-15/h1-2,4,6H,3,5,7H2,(H,18,19). The van der Waals surface area contributed by atoms with Gasteiger partial charge in [-0.1, -0.05) is 23.7 Å². The van der Waals surface area contributed by atoms with E-state index in [0.29, 0.717) is 21.2 Å². The van der Waals surface area contributed by atoms with Gasteiger partial charge in [-0.05, 0) is 37.0 Å². The minimum atomic E-state index is -0.271. The van der Waals surface area contributed by atoms with Gasteiger partial charge in [0.15, 0.2) is 0 Å². The molecule has 1 aromatic heterocycles. The minimum Gasteiger partial charge on any atom is -0.312 e. The molecule has 0 atom stereocenters. The monoisotopic (exact) mass is 302 g/mol. The van der Waals surface area contributed by atoms with Crippen molar-refractivity contribution in [3.8, 4) is 6.07 Å². The Morgan fingerprint density at radius 2 is 2.15 bits per heavy atom. The molecule has 1 aliphatic rings. The van der Waals surface area contributed by atoms with Crippen molar-refractivity contribution in [3.63, 3.8) is 0 Å². The predicted octanol–water partition coefficient (Wildman–Crippen LogP) is 4.01. The number of hydrogen-bond donors (Lipinski definition) is 1. The summed E-state index contributed by atoms with van der Waals surface area (Å²) in [5.41, 5.74) is 2.14. The van der Waals surface area contributed by atoms with Gasteiger partial charge in [-0.3, -0.25) is 4.79 Å². The van der Waals surface area contributed by atoms with Gasteiger partial charge < -0.3 is 5.32 Å². The fourth-order valence-corrected chi connectivity index (χ4v) is 3.88. The van der Waals surface area contributed by atoms with Crippen molar-refractivity contribution in [2.24, 2.45) is 0 Å². The molecule has 2 aromatic rings. The number of nitrogens with zero attached hydrogens (tertiary/aromatic N) is 1. The van der Waals surface area contributed by atoms with Crippen molar-refractivity contribution >= 4 is 33.8 Å². The first-order valence-electron chi connectivity index (χ1n) is 6.31. The van der Waals surface area contributed by atoms with Gasteiger partial charge in [-0.15, -0.1) is 11.3 Å². The molecule has 0 radical (unpaired) electrons. The zero-order chi connectivity index (χ0) is 14.1. The van der Waals surface area contributed by atoms with E-state index in [1.165, 1.54) is 16.2 Å².